The first-order valence-corrected chi connectivity index (χ1v) is 8.28. The maximum absolute atomic E-state index is 5.45. The van der Waals surface area contributed by atoms with Gasteiger partial charge in [0.2, 0.25) is 5.89 Å². The number of nitrogens with zero attached hydrogens (tertiary/aromatic N) is 2. The van der Waals surface area contributed by atoms with Crippen LogP contribution in [0.15, 0.2) is 4.52 Å². The lowest BCUT2D eigenvalue weighted by atomic mass is 9.77. The highest BCUT2D eigenvalue weighted by molar-refractivity contribution is 4.99. The molecule has 0 aromatic carbocycles. The van der Waals surface area contributed by atoms with Crippen molar-refractivity contribution in [1.29, 1.82) is 0 Å². The lowest BCUT2D eigenvalue weighted by molar-refractivity contribution is 0.251. The number of hydrogen-bond donors (Lipinski definition) is 1. The van der Waals surface area contributed by atoms with Crippen LogP contribution in [0.5, 0.6) is 0 Å². The van der Waals surface area contributed by atoms with Crippen LogP contribution >= 0.6 is 0 Å². The van der Waals surface area contributed by atoms with Gasteiger partial charge in [0.25, 0.3) is 0 Å². The van der Waals surface area contributed by atoms with E-state index < -0.39 is 0 Å². The predicted molar refractivity (Wildman–Crippen MR) is 78.6 cm³/mol. The highest BCUT2D eigenvalue weighted by Crippen LogP contribution is 2.37. The molecule has 1 aliphatic heterocycles. The molecule has 1 saturated carbocycles. The first-order valence-electron chi connectivity index (χ1n) is 8.28. The van der Waals surface area contributed by atoms with Crippen molar-refractivity contribution in [3.63, 3.8) is 0 Å². The Labute approximate surface area is 121 Å². The summed E-state index contributed by atoms with van der Waals surface area (Å²) in [6.45, 7) is 5.81. The molecule has 112 valence electrons. The summed E-state index contributed by atoms with van der Waals surface area (Å²) in [5.41, 5.74) is 0. The highest BCUT2D eigenvalue weighted by Gasteiger charge is 2.27. The Morgan fingerprint density at radius 2 is 2.00 bits per heavy atom. The Kier molecular flexibility index (Phi) is 4.39. The lowest BCUT2D eigenvalue weighted by Gasteiger charge is -2.29. The monoisotopic (exact) mass is 277 g/mol. The molecule has 1 saturated heterocycles. The maximum Gasteiger partial charge on any atom is 0.228 e. The van der Waals surface area contributed by atoms with E-state index >= 15 is 0 Å². The van der Waals surface area contributed by atoms with Gasteiger partial charge in [-0.05, 0) is 56.9 Å². The van der Waals surface area contributed by atoms with Crippen LogP contribution in [0.1, 0.15) is 70.0 Å². The molecule has 0 bridgehead atoms. The molecule has 2 fully saturated rings. The largest absolute Gasteiger partial charge is 0.339 e. The smallest absolute Gasteiger partial charge is 0.228 e. The third kappa shape index (κ3) is 3.22. The summed E-state index contributed by atoms with van der Waals surface area (Å²) in [5.74, 6) is 4.01. The van der Waals surface area contributed by atoms with Crippen LogP contribution in [-0.2, 0) is 6.42 Å². The van der Waals surface area contributed by atoms with E-state index in [1.165, 1.54) is 38.5 Å². The lowest BCUT2D eigenvalue weighted by Crippen LogP contribution is -2.23. The second-order valence-corrected chi connectivity index (χ2v) is 6.90. The first kappa shape index (κ1) is 14.1. The second-order valence-electron chi connectivity index (χ2n) is 6.90. The van der Waals surface area contributed by atoms with Crippen molar-refractivity contribution in [2.45, 2.75) is 70.8 Å². The van der Waals surface area contributed by atoms with Crippen LogP contribution < -0.4 is 5.32 Å². The summed E-state index contributed by atoms with van der Waals surface area (Å²) < 4.78 is 5.45. The first-order chi connectivity index (χ1) is 9.72. The normalized spacial score (nSPS) is 31.1. The number of aromatic nitrogens is 2. The van der Waals surface area contributed by atoms with E-state index in [9.17, 15) is 0 Å². The summed E-state index contributed by atoms with van der Waals surface area (Å²) in [4.78, 5) is 4.65. The Morgan fingerprint density at radius 3 is 2.65 bits per heavy atom. The van der Waals surface area contributed by atoms with Gasteiger partial charge in [-0.3, -0.25) is 0 Å². The van der Waals surface area contributed by atoms with Gasteiger partial charge in [0.05, 0.1) is 0 Å². The van der Waals surface area contributed by atoms with E-state index in [1.54, 1.807) is 0 Å². The summed E-state index contributed by atoms with van der Waals surface area (Å²) in [5, 5.41) is 7.72. The summed E-state index contributed by atoms with van der Waals surface area (Å²) >= 11 is 0. The Balaban J connectivity index is 1.54. The number of rotatable bonds is 4. The van der Waals surface area contributed by atoms with Crippen LogP contribution in [-0.4, -0.2) is 22.7 Å². The molecule has 2 aliphatic rings. The number of hydrogen-bond acceptors (Lipinski definition) is 4. The van der Waals surface area contributed by atoms with Crippen LogP contribution in [0.3, 0.4) is 0 Å². The molecule has 4 heteroatoms. The fraction of sp³-hybridized carbons (Fsp3) is 0.875. The summed E-state index contributed by atoms with van der Waals surface area (Å²) in [6, 6.07) is 0.542. The van der Waals surface area contributed by atoms with Crippen LogP contribution in [0.25, 0.3) is 0 Å². The zero-order valence-electron chi connectivity index (χ0n) is 12.8. The molecule has 3 rings (SSSR count). The van der Waals surface area contributed by atoms with E-state index in [0.717, 1.165) is 36.5 Å². The average Bonchev–Trinajstić information content (AvgIpc) is 3.11. The average molecular weight is 277 g/mol. The van der Waals surface area contributed by atoms with Crippen molar-refractivity contribution >= 4 is 0 Å². The fourth-order valence-corrected chi connectivity index (χ4v) is 3.70. The molecule has 0 spiro atoms. The van der Waals surface area contributed by atoms with E-state index in [1.807, 2.05) is 0 Å². The molecule has 1 aromatic rings. The van der Waals surface area contributed by atoms with E-state index in [-0.39, 0.29) is 0 Å². The summed E-state index contributed by atoms with van der Waals surface area (Å²) in [7, 11) is 0. The zero-order valence-corrected chi connectivity index (χ0v) is 12.8. The third-order valence-corrected chi connectivity index (χ3v) is 5.15. The van der Waals surface area contributed by atoms with Crippen molar-refractivity contribution in [1.82, 2.24) is 15.5 Å². The van der Waals surface area contributed by atoms with Gasteiger partial charge in [0.15, 0.2) is 5.82 Å². The minimum absolute atomic E-state index is 0.527. The van der Waals surface area contributed by atoms with Gasteiger partial charge in [-0.25, -0.2) is 0 Å². The van der Waals surface area contributed by atoms with Crippen LogP contribution in [0.2, 0.25) is 0 Å². The Hall–Kier alpha value is -0.900. The van der Waals surface area contributed by atoms with Crippen molar-refractivity contribution in [3.8, 4) is 0 Å². The fourth-order valence-electron chi connectivity index (χ4n) is 3.70. The molecule has 0 radical (unpaired) electrons. The molecule has 1 N–H and O–H groups in total. The molecular weight excluding hydrogens is 250 g/mol. The van der Waals surface area contributed by atoms with Crippen molar-refractivity contribution in [2.24, 2.45) is 11.8 Å². The number of nitrogens with one attached hydrogen (secondary N) is 1. The molecule has 2 heterocycles. The Bertz CT molecular complexity index is 415. The molecule has 1 atom stereocenters. The van der Waals surface area contributed by atoms with Gasteiger partial charge in [0, 0.05) is 18.4 Å². The molecule has 1 aromatic heterocycles. The highest BCUT2D eigenvalue weighted by atomic mass is 16.5. The van der Waals surface area contributed by atoms with Gasteiger partial charge in [-0.15, -0.1) is 0 Å². The van der Waals surface area contributed by atoms with E-state index in [4.69, 9.17) is 4.52 Å². The minimum Gasteiger partial charge on any atom is -0.339 e. The van der Waals surface area contributed by atoms with Crippen molar-refractivity contribution in [3.05, 3.63) is 11.7 Å². The van der Waals surface area contributed by atoms with Gasteiger partial charge in [-0.1, -0.05) is 19.0 Å². The van der Waals surface area contributed by atoms with Gasteiger partial charge in [0.1, 0.15) is 0 Å². The molecular formula is C16H27N3O. The third-order valence-electron chi connectivity index (χ3n) is 5.15. The molecule has 1 aliphatic carbocycles. The second kappa shape index (κ2) is 6.25. The van der Waals surface area contributed by atoms with Gasteiger partial charge in [-0.2, -0.15) is 4.98 Å². The standard InChI is InChI=1S/C16H27N3O/c1-11(2)12-5-7-13(8-6-12)16-18-15(20-19-16)10-14-4-3-9-17-14/h11-14,17H,3-10H2,1-2H3. The van der Waals surface area contributed by atoms with Crippen LogP contribution in [0, 0.1) is 11.8 Å². The van der Waals surface area contributed by atoms with Crippen LogP contribution in [0.4, 0.5) is 0 Å². The van der Waals surface area contributed by atoms with E-state index in [2.05, 4.69) is 29.3 Å². The van der Waals surface area contributed by atoms with Crippen molar-refractivity contribution < 1.29 is 4.52 Å². The SMILES string of the molecule is CC(C)C1CCC(c2noc(CC3CCCN3)n2)CC1. The quantitative estimate of drug-likeness (QED) is 0.917. The van der Waals surface area contributed by atoms with Crippen molar-refractivity contribution in [2.75, 3.05) is 6.54 Å². The predicted octanol–water partition coefficient (Wildman–Crippen LogP) is 3.29. The minimum atomic E-state index is 0.527. The maximum atomic E-state index is 5.45. The molecule has 4 nitrogen and oxygen atoms in total. The molecule has 0 amide bonds. The summed E-state index contributed by atoms with van der Waals surface area (Å²) in [6.07, 6.45) is 8.48. The molecule has 1 unspecified atom stereocenters. The van der Waals surface area contributed by atoms with Gasteiger partial charge >= 0.3 is 0 Å². The van der Waals surface area contributed by atoms with Gasteiger partial charge < -0.3 is 9.84 Å². The zero-order chi connectivity index (χ0) is 13.9. The topological polar surface area (TPSA) is 51.0 Å². The molecule has 20 heavy (non-hydrogen) atoms. The van der Waals surface area contributed by atoms with E-state index in [0.29, 0.717) is 12.0 Å². The Morgan fingerprint density at radius 1 is 1.20 bits per heavy atom.